The van der Waals surface area contributed by atoms with Crippen molar-refractivity contribution in [2.75, 3.05) is 0 Å². The zero-order chi connectivity index (χ0) is 9.97. The number of pyridine rings is 1. The number of hydrogen-bond donors (Lipinski definition) is 0. The Bertz CT molecular complexity index is 457. The number of hydrogen-bond acceptors (Lipinski definition) is 3. The SMILES string of the molecule is Cc1cnccc1-c1cc(Br)ncn1. The number of aryl methyl sites for hydroxylation is 1. The third-order valence-electron chi connectivity index (χ3n) is 1.93. The molecule has 0 spiro atoms. The molecule has 2 heterocycles. The maximum absolute atomic E-state index is 4.20. The van der Waals surface area contributed by atoms with Crippen LogP contribution in [0.25, 0.3) is 11.3 Å². The van der Waals surface area contributed by atoms with Gasteiger partial charge in [0.2, 0.25) is 0 Å². The first-order valence-electron chi connectivity index (χ1n) is 4.16. The maximum Gasteiger partial charge on any atom is 0.117 e. The maximum atomic E-state index is 4.20. The van der Waals surface area contributed by atoms with Crippen LogP contribution in [0, 0.1) is 6.92 Å². The fourth-order valence-electron chi connectivity index (χ4n) is 1.24. The Morgan fingerprint density at radius 3 is 2.86 bits per heavy atom. The molecule has 0 radical (unpaired) electrons. The zero-order valence-corrected chi connectivity index (χ0v) is 9.19. The molecule has 2 rings (SSSR count). The van der Waals surface area contributed by atoms with Crippen LogP contribution in [0.2, 0.25) is 0 Å². The summed E-state index contributed by atoms with van der Waals surface area (Å²) in [4.78, 5) is 12.2. The van der Waals surface area contributed by atoms with E-state index in [9.17, 15) is 0 Å². The number of rotatable bonds is 1. The highest BCUT2D eigenvalue weighted by Gasteiger charge is 2.02. The molecule has 0 amide bonds. The lowest BCUT2D eigenvalue weighted by Crippen LogP contribution is -1.89. The van der Waals surface area contributed by atoms with Gasteiger partial charge < -0.3 is 0 Å². The molecule has 2 aromatic heterocycles. The first-order valence-corrected chi connectivity index (χ1v) is 4.95. The summed E-state index contributed by atoms with van der Waals surface area (Å²) in [5, 5.41) is 0. The first-order chi connectivity index (χ1) is 6.77. The Labute approximate surface area is 90.4 Å². The molecule has 0 atom stereocenters. The average Bonchev–Trinajstić information content (AvgIpc) is 2.18. The molecular weight excluding hydrogens is 242 g/mol. The van der Waals surface area contributed by atoms with E-state index in [-0.39, 0.29) is 0 Å². The smallest absolute Gasteiger partial charge is 0.117 e. The van der Waals surface area contributed by atoms with Gasteiger partial charge in [0.15, 0.2) is 0 Å². The second kappa shape index (κ2) is 3.84. The molecule has 0 N–H and O–H groups in total. The van der Waals surface area contributed by atoms with Crippen LogP contribution in [0.5, 0.6) is 0 Å². The molecule has 0 aromatic carbocycles. The van der Waals surface area contributed by atoms with Crippen molar-refractivity contribution in [3.63, 3.8) is 0 Å². The molecule has 0 saturated carbocycles. The van der Waals surface area contributed by atoms with Crippen molar-refractivity contribution in [3.05, 3.63) is 41.0 Å². The standard InChI is InChI=1S/C10H8BrN3/c1-7-5-12-3-2-8(7)9-4-10(11)14-6-13-9/h2-6H,1H3. The zero-order valence-electron chi connectivity index (χ0n) is 7.61. The molecule has 2 aromatic rings. The minimum Gasteiger partial charge on any atom is -0.264 e. The summed E-state index contributed by atoms with van der Waals surface area (Å²) in [6.07, 6.45) is 5.13. The van der Waals surface area contributed by atoms with Crippen molar-refractivity contribution in [3.8, 4) is 11.3 Å². The largest absolute Gasteiger partial charge is 0.264 e. The average molecular weight is 250 g/mol. The number of nitrogens with zero attached hydrogens (tertiary/aromatic N) is 3. The summed E-state index contributed by atoms with van der Waals surface area (Å²) >= 11 is 3.32. The predicted molar refractivity (Wildman–Crippen MR) is 57.7 cm³/mol. The Balaban J connectivity index is 2.55. The van der Waals surface area contributed by atoms with Gasteiger partial charge in [-0.2, -0.15) is 0 Å². The van der Waals surface area contributed by atoms with Gasteiger partial charge in [0.1, 0.15) is 10.9 Å². The first kappa shape index (κ1) is 9.27. The Morgan fingerprint density at radius 2 is 2.14 bits per heavy atom. The predicted octanol–water partition coefficient (Wildman–Crippen LogP) is 2.61. The van der Waals surface area contributed by atoms with Gasteiger partial charge >= 0.3 is 0 Å². The monoisotopic (exact) mass is 249 g/mol. The normalized spacial score (nSPS) is 10.1. The molecule has 0 bridgehead atoms. The van der Waals surface area contributed by atoms with E-state index in [4.69, 9.17) is 0 Å². The second-order valence-corrected chi connectivity index (χ2v) is 3.73. The molecule has 0 unspecified atom stereocenters. The Hall–Kier alpha value is -1.29. The van der Waals surface area contributed by atoms with E-state index in [1.54, 1.807) is 12.5 Å². The van der Waals surface area contributed by atoms with Crippen molar-refractivity contribution in [1.29, 1.82) is 0 Å². The van der Waals surface area contributed by atoms with Crippen molar-refractivity contribution < 1.29 is 0 Å². The molecule has 4 heteroatoms. The van der Waals surface area contributed by atoms with Crippen LogP contribution >= 0.6 is 15.9 Å². The van der Waals surface area contributed by atoms with Crippen LogP contribution < -0.4 is 0 Å². The molecular formula is C10H8BrN3. The van der Waals surface area contributed by atoms with Crippen LogP contribution in [-0.2, 0) is 0 Å². The van der Waals surface area contributed by atoms with Crippen molar-refractivity contribution in [2.45, 2.75) is 6.92 Å². The minimum atomic E-state index is 0.790. The third kappa shape index (κ3) is 1.80. The van der Waals surface area contributed by atoms with E-state index in [1.165, 1.54) is 0 Å². The fraction of sp³-hybridized carbons (Fsp3) is 0.100. The van der Waals surface area contributed by atoms with E-state index in [2.05, 4.69) is 30.9 Å². The van der Waals surface area contributed by atoms with Gasteiger partial charge in [-0.25, -0.2) is 9.97 Å². The van der Waals surface area contributed by atoms with Crippen molar-refractivity contribution in [2.24, 2.45) is 0 Å². The van der Waals surface area contributed by atoms with Crippen LogP contribution in [-0.4, -0.2) is 15.0 Å². The summed E-state index contributed by atoms with van der Waals surface area (Å²) < 4.78 is 0.790. The molecule has 0 aliphatic carbocycles. The molecule has 3 nitrogen and oxygen atoms in total. The Morgan fingerprint density at radius 1 is 1.29 bits per heavy atom. The van der Waals surface area contributed by atoms with Gasteiger partial charge in [-0.3, -0.25) is 4.98 Å². The van der Waals surface area contributed by atoms with Gasteiger partial charge in [-0.05, 0) is 40.5 Å². The molecule has 0 saturated heterocycles. The summed E-state index contributed by atoms with van der Waals surface area (Å²) in [7, 11) is 0. The minimum absolute atomic E-state index is 0.790. The van der Waals surface area contributed by atoms with E-state index < -0.39 is 0 Å². The Kier molecular flexibility index (Phi) is 2.54. The van der Waals surface area contributed by atoms with E-state index >= 15 is 0 Å². The topological polar surface area (TPSA) is 38.7 Å². The summed E-state index contributed by atoms with van der Waals surface area (Å²) in [5.41, 5.74) is 3.10. The quantitative estimate of drug-likeness (QED) is 0.730. The van der Waals surface area contributed by atoms with E-state index in [0.29, 0.717) is 0 Å². The molecule has 0 aliphatic rings. The van der Waals surface area contributed by atoms with Crippen molar-refractivity contribution >= 4 is 15.9 Å². The van der Waals surface area contributed by atoms with Crippen molar-refractivity contribution in [1.82, 2.24) is 15.0 Å². The van der Waals surface area contributed by atoms with Gasteiger partial charge in [0.05, 0.1) is 5.69 Å². The van der Waals surface area contributed by atoms with Gasteiger partial charge in [0.25, 0.3) is 0 Å². The highest BCUT2D eigenvalue weighted by molar-refractivity contribution is 9.10. The highest BCUT2D eigenvalue weighted by atomic mass is 79.9. The van der Waals surface area contributed by atoms with Crippen LogP contribution in [0.15, 0.2) is 35.5 Å². The van der Waals surface area contributed by atoms with Crippen LogP contribution in [0.3, 0.4) is 0 Å². The van der Waals surface area contributed by atoms with Crippen LogP contribution in [0.4, 0.5) is 0 Å². The summed E-state index contributed by atoms with van der Waals surface area (Å²) in [6, 6.07) is 3.84. The van der Waals surface area contributed by atoms with E-state index in [0.717, 1.165) is 21.4 Å². The lowest BCUT2D eigenvalue weighted by molar-refractivity contribution is 1.13. The van der Waals surface area contributed by atoms with Crippen LogP contribution in [0.1, 0.15) is 5.56 Å². The summed E-state index contributed by atoms with van der Waals surface area (Å²) in [6.45, 7) is 2.01. The molecule has 70 valence electrons. The number of aromatic nitrogens is 3. The third-order valence-corrected chi connectivity index (χ3v) is 2.36. The fourth-order valence-corrected chi connectivity index (χ4v) is 1.55. The summed E-state index contributed by atoms with van der Waals surface area (Å²) in [5.74, 6) is 0. The van der Waals surface area contributed by atoms with Gasteiger partial charge in [-0.15, -0.1) is 0 Å². The van der Waals surface area contributed by atoms with Gasteiger partial charge in [0, 0.05) is 18.0 Å². The van der Waals surface area contributed by atoms with E-state index in [1.807, 2.05) is 25.3 Å². The van der Waals surface area contributed by atoms with Gasteiger partial charge in [-0.1, -0.05) is 0 Å². The lowest BCUT2D eigenvalue weighted by Gasteiger charge is -2.03. The lowest BCUT2D eigenvalue weighted by atomic mass is 10.1. The molecule has 0 fully saturated rings. The molecule has 14 heavy (non-hydrogen) atoms. The highest BCUT2D eigenvalue weighted by Crippen LogP contribution is 2.21. The second-order valence-electron chi connectivity index (χ2n) is 2.92. The molecule has 0 aliphatic heterocycles. The number of halogens is 1.